The van der Waals surface area contributed by atoms with Crippen molar-refractivity contribution in [3.05, 3.63) is 48.5 Å². The lowest BCUT2D eigenvalue weighted by molar-refractivity contribution is -0.117. The van der Waals surface area contributed by atoms with Crippen LogP contribution in [0.3, 0.4) is 0 Å². The Bertz CT molecular complexity index is 788. The summed E-state index contributed by atoms with van der Waals surface area (Å²) in [5.74, 6) is 0.920. The monoisotopic (exact) mass is 397 g/mol. The lowest BCUT2D eigenvalue weighted by atomic mass is 10.1. The number of amides is 2. The molecule has 0 spiro atoms. The number of carbonyl (C=O) groups excluding carboxylic acids is 2. The summed E-state index contributed by atoms with van der Waals surface area (Å²) in [6.45, 7) is 6.94. The number of hydrogen-bond acceptors (Lipinski definition) is 4. The minimum atomic E-state index is -0.148. The van der Waals surface area contributed by atoms with Gasteiger partial charge in [0.25, 0.3) is 0 Å². The number of hydrogen-bond donors (Lipinski definition) is 3. The summed E-state index contributed by atoms with van der Waals surface area (Å²) in [5.41, 5.74) is 2.25. The smallest absolute Gasteiger partial charge is 0.243 e. The third-order valence-corrected chi connectivity index (χ3v) is 4.10. The molecule has 0 saturated heterocycles. The lowest BCUT2D eigenvalue weighted by Gasteiger charge is -2.11. The van der Waals surface area contributed by atoms with E-state index in [0.29, 0.717) is 24.6 Å². The summed E-state index contributed by atoms with van der Waals surface area (Å²) in [6.07, 6.45) is 2.57. The van der Waals surface area contributed by atoms with E-state index in [1.165, 1.54) is 0 Å². The Labute approximate surface area is 173 Å². The number of nitrogens with one attached hydrogen (secondary N) is 3. The Kier molecular flexibility index (Phi) is 9.02. The molecule has 0 heterocycles. The van der Waals surface area contributed by atoms with E-state index in [-0.39, 0.29) is 18.4 Å². The van der Waals surface area contributed by atoms with Crippen molar-refractivity contribution in [2.24, 2.45) is 5.92 Å². The number of anilines is 3. The van der Waals surface area contributed by atoms with Gasteiger partial charge in [0, 0.05) is 29.5 Å². The Morgan fingerprint density at radius 1 is 0.931 bits per heavy atom. The van der Waals surface area contributed by atoms with Crippen LogP contribution in [0.1, 0.15) is 40.0 Å². The van der Waals surface area contributed by atoms with Crippen molar-refractivity contribution in [2.75, 3.05) is 29.1 Å². The first kappa shape index (κ1) is 22.3. The van der Waals surface area contributed by atoms with Gasteiger partial charge in [0.15, 0.2) is 0 Å². The highest BCUT2D eigenvalue weighted by atomic mass is 16.5. The van der Waals surface area contributed by atoms with E-state index in [0.717, 1.165) is 30.0 Å². The first-order valence-corrected chi connectivity index (χ1v) is 10.1. The zero-order valence-electron chi connectivity index (χ0n) is 17.5. The van der Waals surface area contributed by atoms with Crippen LogP contribution >= 0.6 is 0 Å². The molecule has 3 N–H and O–H groups in total. The Morgan fingerprint density at radius 2 is 1.62 bits per heavy atom. The zero-order chi connectivity index (χ0) is 21.1. The van der Waals surface area contributed by atoms with Gasteiger partial charge in [-0.15, -0.1) is 0 Å². The maximum absolute atomic E-state index is 12.2. The predicted molar refractivity (Wildman–Crippen MR) is 118 cm³/mol. The van der Waals surface area contributed by atoms with Crippen LogP contribution in [0.4, 0.5) is 17.1 Å². The van der Waals surface area contributed by atoms with E-state index < -0.39 is 0 Å². The first-order chi connectivity index (χ1) is 14.0. The van der Waals surface area contributed by atoms with Crippen molar-refractivity contribution in [1.82, 2.24) is 0 Å². The van der Waals surface area contributed by atoms with Gasteiger partial charge in [-0.25, -0.2) is 0 Å². The standard InChI is InChI=1S/C23H31N3O3/c1-4-5-13-29-21-8-6-7-20(15-21)26-23(28)16-24-18-9-11-19(12-10-18)25-22(27)14-17(2)3/h6-12,15,17,24H,4-5,13-14,16H2,1-3H3,(H,25,27)(H,26,28). The molecule has 6 heteroatoms. The molecule has 2 amide bonds. The molecule has 0 aliphatic carbocycles. The van der Waals surface area contributed by atoms with Gasteiger partial charge in [0.05, 0.1) is 13.2 Å². The third-order valence-electron chi connectivity index (χ3n) is 4.10. The molecular weight excluding hydrogens is 366 g/mol. The number of ether oxygens (including phenoxy) is 1. The summed E-state index contributed by atoms with van der Waals surface area (Å²) in [5, 5.41) is 8.80. The molecule has 2 aromatic carbocycles. The highest BCUT2D eigenvalue weighted by Gasteiger charge is 2.06. The zero-order valence-corrected chi connectivity index (χ0v) is 17.5. The van der Waals surface area contributed by atoms with E-state index in [1.807, 2.05) is 62.4 Å². The van der Waals surface area contributed by atoms with Crippen LogP contribution in [-0.4, -0.2) is 25.0 Å². The van der Waals surface area contributed by atoms with Gasteiger partial charge >= 0.3 is 0 Å². The van der Waals surface area contributed by atoms with E-state index in [4.69, 9.17) is 4.74 Å². The average Bonchev–Trinajstić information content (AvgIpc) is 2.67. The fourth-order valence-electron chi connectivity index (χ4n) is 2.64. The highest BCUT2D eigenvalue weighted by Crippen LogP contribution is 2.18. The lowest BCUT2D eigenvalue weighted by Crippen LogP contribution is -2.21. The second-order valence-electron chi connectivity index (χ2n) is 7.36. The van der Waals surface area contributed by atoms with Crippen LogP contribution in [0.2, 0.25) is 0 Å². The average molecular weight is 398 g/mol. The molecule has 2 rings (SSSR count). The number of rotatable bonds is 11. The molecule has 0 unspecified atom stereocenters. The number of unbranched alkanes of at least 4 members (excludes halogenated alkanes) is 1. The second-order valence-corrected chi connectivity index (χ2v) is 7.36. The van der Waals surface area contributed by atoms with Crippen LogP contribution in [0.25, 0.3) is 0 Å². The van der Waals surface area contributed by atoms with Crippen LogP contribution in [0.5, 0.6) is 5.75 Å². The molecule has 0 radical (unpaired) electrons. The normalized spacial score (nSPS) is 10.5. The highest BCUT2D eigenvalue weighted by molar-refractivity contribution is 5.94. The van der Waals surface area contributed by atoms with E-state index in [1.54, 1.807) is 0 Å². The molecule has 0 saturated carbocycles. The van der Waals surface area contributed by atoms with Crippen LogP contribution in [0.15, 0.2) is 48.5 Å². The summed E-state index contributed by atoms with van der Waals surface area (Å²) in [7, 11) is 0. The molecule has 29 heavy (non-hydrogen) atoms. The van der Waals surface area contributed by atoms with Gasteiger partial charge in [-0.3, -0.25) is 9.59 Å². The molecule has 0 aliphatic rings. The third kappa shape index (κ3) is 8.68. The molecule has 0 fully saturated rings. The van der Waals surface area contributed by atoms with Gasteiger partial charge in [-0.2, -0.15) is 0 Å². The largest absolute Gasteiger partial charge is 0.494 e. The number of benzene rings is 2. The summed E-state index contributed by atoms with van der Waals surface area (Å²) in [6, 6.07) is 14.7. The molecule has 0 aliphatic heterocycles. The Hall–Kier alpha value is -3.02. The maximum atomic E-state index is 12.2. The summed E-state index contributed by atoms with van der Waals surface area (Å²) >= 11 is 0. The van der Waals surface area contributed by atoms with Crippen LogP contribution in [-0.2, 0) is 9.59 Å². The molecule has 2 aromatic rings. The Morgan fingerprint density at radius 3 is 2.31 bits per heavy atom. The molecular formula is C23H31N3O3. The van der Waals surface area contributed by atoms with Gasteiger partial charge in [0.1, 0.15) is 5.75 Å². The second kappa shape index (κ2) is 11.7. The van der Waals surface area contributed by atoms with Gasteiger partial charge < -0.3 is 20.7 Å². The van der Waals surface area contributed by atoms with Crippen molar-refractivity contribution in [2.45, 2.75) is 40.0 Å². The fourth-order valence-corrected chi connectivity index (χ4v) is 2.64. The first-order valence-electron chi connectivity index (χ1n) is 10.1. The van der Waals surface area contributed by atoms with Crippen molar-refractivity contribution < 1.29 is 14.3 Å². The number of carbonyl (C=O) groups is 2. The van der Waals surface area contributed by atoms with Crippen molar-refractivity contribution in [3.63, 3.8) is 0 Å². The molecule has 0 aromatic heterocycles. The van der Waals surface area contributed by atoms with Crippen molar-refractivity contribution >= 4 is 28.9 Å². The predicted octanol–water partition coefficient (Wildman–Crippen LogP) is 4.90. The quantitative estimate of drug-likeness (QED) is 0.471. The SMILES string of the molecule is CCCCOc1cccc(NC(=O)CNc2ccc(NC(=O)CC(C)C)cc2)c1. The van der Waals surface area contributed by atoms with Crippen LogP contribution < -0.4 is 20.7 Å². The summed E-state index contributed by atoms with van der Waals surface area (Å²) < 4.78 is 5.66. The van der Waals surface area contributed by atoms with Crippen molar-refractivity contribution in [1.29, 1.82) is 0 Å². The topological polar surface area (TPSA) is 79.5 Å². The molecule has 6 nitrogen and oxygen atoms in total. The van der Waals surface area contributed by atoms with E-state index in [2.05, 4.69) is 22.9 Å². The van der Waals surface area contributed by atoms with Crippen molar-refractivity contribution in [3.8, 4) is 5.75 Å². The van der Waals surface area contributed by atoms with Gasteiger partial charge in [-0.05, 0) is 48.7 Å². The Balaban J connectivity index is 1.79. The van der Waals surface area contributed by atoms with Gasteiger partial charge in [0.2, 0.25) is 11.8 Å². The summed E-state index contributed by atoms with van der Waals surface area (Å²) in [4.78, 5) is 24.0. The van der Waals surface area contributed by atoms with Gasteiger partial charge in [-0.1, -0.05) is 33.3 Å². The molecule has 0 atom stereocenters. The molecule has 156 valence electrons. The van der Waals surface area contributed by atoms with Crippen LogP contribution in [0, 0.1) is 5.92 Å². The maximum Gasteiger partial charge on any atom is 0.243 e. The molecule has 0 bridgehead atoms. The minimum Gasteiger partial charge on any atom is -0.494 e. The minimum absolute atomic E-state index is 0.000918. The van der Waals surface area contributed by atoms with E-state index >= 15 is 0 Å². The van der Waals surface area contributed by atoms with E-state index in [9.17, 15) is 9.59 Å². The fraction of sp³-hybridized carbons (Fsp3) is 0.391.